The minimum absolute atomic E-state index is 0.0709. The molecule has 104 valence electrons. The van der Waals surface area contributed by atoms with Gasteiger partial charge in [-0.1, -0.05) is 11.6 Å². The fraction of sp³-hybridized carbons (Fsp3) is 0.500. The molecule has 0 saturated carbocycles. The molecule has 0 radical (unpaired) electrons. The van der Waals surface area contributed by atoms with E-state index in [1.807, 2.05) is 16.3 Å². The van der Waals surface area contributed by atoms with Crippen molar-refractivity contribution in [2.45, 2.75) is 19.0 Å². The molecule has 1 N–H and O–H groups in total. The van der Waals surface area contributed by atoms with E-state index < -0.39 is 6.04 Å². The summed E-state index contributed by atoms with van der Waals surface area (Å²) < 4.78 is 4.64. The number of piperazine rings is 1. The van der Waals surface area contributed by atoms with Crippen molar-refractivity contribution in [3.63, 3.8) is 0 Å². The maximum Gasteiger partial charge on any atom is 0.307 e. The molecule has 0 aromatic carbocycles. The molecule has 2 heterocycles. The number of amides is 1. The Labute approximate surface area is 120 Å². The number of rotatable bonds is 4. The molecule has 1 unspecified atom stereocenters. The molecule has 1 amide bonds. The molecular weight excluding hydrogens is 288 g/mol. The zero-order valence-corrected chi connectivity index (χ0v) is 12.1. The van der Waals surface area contributed by atoms with Crippen molar-refractivity contribution < 1.29 is 14.3 Å². The van der Waals surface area contributed by atoms with Gasteiger partial charge in [0.2, 0.25) is 5.91 Å². The van der Waals surface area contributed by atoms with E-state index in [0.29, 0.717) is 24.7 Å². The van der Waals surface area contributed by atoms with Crippen molar-refractivity contribution in [3.8, 4) is 0 Å². The first-order chi connectivity index (χ1) is 9.10. The zero-order chi connectivity index (χ0) is 13.8. The van der Waals surface area contributed by atoms with E-state index in [-0.39, 0.29) is 18.3 Å². The van der Waals surface area contributed by atoms with Gasteiger partial charge in [0, 0.05) is 29.9 Å². The van der Waals surface area contributed by atoms with Crippen LogP contribution in [0.15, 0.2) is 11.4 Å². The largest absolute Gasteiger partial charge is 0.469 e. The summed E-state index contributed by atoms with van der Waals surface area (Å²) >= 11 is 7.44. The van der Waals surface area contributed by atoms with Crippen molar-refractivity contribution in [2.75, 3.05) is 20.2 Å². The standard InChI is InChI=1S/C12H15ClN2O3S/c1-18-11(16)5-10-12(17)14-2-3-15(10)6-9-4-8(13)7-19-9/h4,7,10H,2-3,5-6H2,1H3,(H,14,17). The number of thiophene rings is 1. The van der Waals surface area contributed by atoms with E-state index in [1.54, 1.807) is 11.3 Å². The first-order valence-corrected chi connectivity index (χ1v) is 7.17. The molecule has 1 aliphatic rings. The van der Waals surface area contributed by atoms with Crippen molar-refractivity contribution >= 4 is 34.8 Å². The number of nitrogens with zero attached hydrogens (tertiary/aromatic N) is 1. The fourth-order valence-corrected chi connectivity index (χ4v) is 3.15. The minimum atomic E-state index is -0.470. The summed E-state index contributed by atoms with van der Waals surface area (Å²) in [5.74, 6) is -0.504. The molecule has 0 spiro atoms. The number of halogens is 1. The lowest BCUT2D eigenvalue weighted by molar-refractivity contribution is -0.146. The number of hydrogen-bond acceptors (Lipinski definition) is 5. The van der Waals surface area contributed by atoms with Crippen LogP contribution in [-0.4, -0.2) is 43.0 Å². The Balaban J connectivity index is 2.06. The van der Waals surface area contributed by atoms with E-state index in [1.165, 1.54) is 7.11 Å². The van der Waals surface area contributed by atoms with Gasteiger partial charge in [0.1, 0.15) is 6.04 Å². The highest BCUT2D eigenvalue weighted by molar-refractivity contribution is 7.10. The zero-order valence-electron chi connectivity index (χ0n) is 10.5. The Bertz CT molecular complexity index is 477. The fourth-order valence-electron chi connectivity index (χ4n) is 2.05. The van der Waals surface area contributed by atoms with Gasteiger partial charge in [0.15, 0.2) is 0 Å². The molecule has 2 rings (SSSR count). The number of nitrogens with one attached hydrogen (secondary N) is 1. The Hall–Kier alpha value is -1.11. The molecule has 1 aromatic heterocycles. The van der Waals surface area contributed by atoms with Crippen LogP contribution < -0.4 is 5.32 Å². The van der Waals surface area contributed by atoms with Gasteiger partial charge in [-0.3, -0.25) is 14.5 Å². The van der Waals surface area contributed by atoms with Gasteiger partial charge in [-0.2, -0.15) is 0 Å². The minimum Gasteiger partial charge on any atom is -0.469 e. The van der Waals surface area contributed by atoms with Crippen molar-refractivity contribution in [3.05, 3.63) is 21.3 Å². The predicted octanol–water partition coefficient (Wildman–Crippen LogP) is 1.27. The summed E-state index contributed by atoms with van der Waals surface area (Å²) in [6.45, 7) is 1.92. The monoisotopic (exact) mass is 302 g/mol. The number of carbonyl (C=O) groups is 2. The summed E-state index contributed by atoms with van der Waals surface area (Å²) in [6.07, 6.45) is 0.0709. The summed E-state index contributed by atoms with van der Waals surface area (Å²) in [4.78, 5) is 26.3. The maximum absolute atomic E-state index is 11.9. The highest BCUT2D eigenvalue weighted by Gasteiger charge is 2.32. The van der Waals surface area contributed by atoms with Gasteiger partial charge in [-0.15, -0.1) is 11.3 Å². The number of carbonyl (C=O) groups excluding carboxylic acids is 2. The molecule has 1 fully saturated rings. The smallest absolute Gasteiger partial charge is 0.307 e. The Morgan fingerprint density at radius 3 is 3.11 bits per heavy atom. The Morgan fingerprint density at radius 1 is 1.68 bits per heavy atom. The van der Waals surface area contributed by atoms with Gasteiger partial charge in [0.05, 0.1) is 18.6 Å². The van der Waals surface area contributed by atoms with Crippen LogP contribution in [0, 0.1) is 0 Å². The molecular formula is C12H15ClN2O3S. The van der Waals surface area contributed by atoms with E-state index in [4.69, 9.17) is 11.6 Å². The molecule has 5 nitrogen and oxygen atoms in total. The van der Waals surface area contributed by atoms with Crippen molar-refractivity contribution in [1.29, 1.82) is 0 Å². The van der Waals surface area contributed by atoms with Gasteiger partial charge >= 0.3 is 5.97 Å². The Kier molecular flexibility index (Phi) is 4.79. The van der Waals surface area contributed by atoms with Gasteiger partial charge in [-0.05, 0) is 6.07 Å². The highest BCUT2D eigenvalue weighted by atomic mass is 35.5. The quantitative estimate of drug-likeness (QED) is 0.851. The van der Waals surface area contributed by atoms with E-state index in [9.17, 15) is 9.59 Å². The second-order valence-electron chi connectivity index (χ2n) is 4.29. The average molecular weight is 303 g/mol. The number of esters is 1. The normalized spacial score (nSPS) is 20.1. The third-order valence-corrected chi connectivity index (χ3v) is 4.28. The van der Waals surface area contributed by atoms with E-state index in [0.717, 1.165) is 4.88 Å². The summed E-state index contributed by atoms with van der Waals surface area (Å²) in [7, 11) is 1.33. The van der Waals surface area contributed by atoms with Crippen molar-refractivity contribution in [2.24, 2.45) is 0 Å². The van der Waals surface area contributed by atoms with Crippen LogP contribution in [0.5, 0.6) is 0 Å². The second kappa shape index (κ2) is 6.36. The summed E-state index contributed by atoms with van der Waals surface area (Å²) in [6, 6.07) is 1.41. The topological polar surface area (TPSA) is 58.6 Å². The van der Waals surface area contributed by atoms with Crippen LogP contribution in [0.2, 0.25) is 5.02 Å². The molecule has 0 aliphatic carbocycles. The number of ether oxygens (including phenoxy) is 1. The van der Waals surface area contributed by atoms with Crippen LogP contribution in [-0.2, 0) is 20.9 Å². The van der Waals surface area contributed by atoms with E-state index in [2.05, 4.69) is 10.1 Å². The second-order valence-corrected chi connectivity index (χ2v) is 5.72. The van der Waals surface area contributed by atoms with Crippen LogP contribution in [0.1, 0.15) is 11.3 Å². The molecule has 1 atom stereocenters. The van der Waals surface area contributed by atoms with E-state index >= 15 is 0 Å². The van der Waals surface area contributed by atoms with Gasteiger partial charge in [-0.25, -0.2) is 0 Å². The lowest BCUT2D eigenvalue weighted by Gasteiger charge is -2.34. The molecule has 1 aromatic rings. The molecule has 1 saturated heterocycles. The summed E-state index contributed by atoms with van der Waals surface area (Å²) in [5, 5.41) is 5.33. The number of methoxy groups -OCH3 is 1. The van der Waals surface area contributed by atoms with Gasteiger partial charge < -0.3 is 10.1 Å². The first kappa shape index (κ1) is 14.3. The SMILES string of the molecule is COC(=O)CC1C(=O)NCCN1Cc1cc(Cl)cs1. The molecule has 7 heteroatoms. The molecule has 1 aliphatic heterocycles. The lowest BCUT2D eigenvalue weighted by Crippen LogP contribution is -2.55. The van der Waals surface area contributed by atoms with Gasteiger partial charge in [0.25, 0.3) is 0 Å². The van der Waals surface area contributed by atoms with Crippen molar-refractivity contribution in [1.82, 2.24) is 10.2 Å². The first-order valence-electron chi connectivity index (χ1n) is 5.91. The highest BCUT2D eigenvalue weighted by Crippen LogP contribution is 2.22. The van der Waals surface area contributed by atoms with Crippen LogP contribution in [0.25, 0.3) is 0 Å². The van der Waals surface area contributed by atoms with Crippen LogP contribution in [0.3, 0.4) is 0 Å². The van der Waals surface area contributed by atoms with Crippen LogP contribution in [0.4, 0.5) is 0 Å². The third kappa shape index (κ3) is 3.68. The van der Waals surface area contributed by atoms with Crippen LogP contribution >= 0.6 is 22.9 Å². The Morgan fingerprint density at radius 2 is 2.47 bits per heavy atom. The molecule has 0 bridgehead atoms. The summed E-state index contributed by atoms with van der Waals surface area (Å²) in [5.41, 5.74) is 0. The average Bonchev–Trinajstić information content (AvgIpc) is 2.79. The number of hydrogen-bond donors (Lipinski definition) is 1. The maximum atomic E-state index is 11.9. The third-order valence-electron chi connectivity index (χ3n) is 3.01. The molecule has 19 heavy (non-hydrogen) atoms. The lowest BCUT2D eigenvalue weighted by atomic mass is 10.1. The predicted molar refractivity (Wildman–Crippen MR) is 73.2 cm³/mol.